The van der Waals surface area contributed by atoms with Crippen LogP contribution < -0.4 is 9.62 Å². The van der Waals surface area contributed by atoms with Crippen LogP contribution in [0.1, 0.15) is 11.1 Å². The average molecular weight is 546 g/mol. The van der Waals surface area contributed by atoms with Gasteiger partial charge in [-0.3, -0.25) is 9.10 Å². The van der Waals surface area contributed by atoms with Crippen LogP contribution in [-0.2, 0) is 27.0 Å². The van der Waals surface area contributed by atoms with Gasteiger partial charge in [0.2, 0.25) is 5.91 Å². The molecule has 0 saturated carbocycles. The fourth-order valence-corrected chi connectivity index (χ4v) is 4.82. The zero-order valence-corrected chi connectivity index (χ0v) is 19.6. The summed E-state index contributed by atoms with van der Waals surface area (Å²) in [7, 11) is -4.47. The molecule has 0 aromatic heterocycles. The first-order chi connectivity index (χ1) is 17.2. The monoisotopic (exact) mass is 546 g/mol. The number of rotatable bonds is 8. The smallest absolute Gasteiger partial charge is 0.369 e. The van der Waals surface area contributed by atoms with Crippen molar-refractivity contribution in [2.75, 3.05) is 10.8 Å². The van der Waals surface area contributed by atoms with E-state index in [-0.39, 0.29) is 11.4 Å². The van der Waals surface area contributed by atoms with Gasteiger partial charge in [0.05, 0.1) is 10.6 Å². The maximum Gasteiger partial charge on any atom is 0.430 e. The number of anilines is 1. The van der Waals surface area contributed by atoms with Gasteiger partial charge in [0.25, 0.3) is 15.6 Å². The van der Waals surface area contributed by atoms with E-state index in [1.807, 2.05) is 0 Å². The van der Waals surface area contributed by atoms with Crippen molar-refractivity contribution >= 4 is 21.6 Å². The second-order valence-corrected chi connectivity index (χ2v) is 9.70. The molecule has 2 N–H and O–H groups in total. The highest BCUT2D eigenvalue weighted by molar-refractivity contribution is 7.92. The predicted octanol–water partition coefficient (Wildman–Crippen LogP) is 4.51. The molecule has 6 nitrogen and oxygen atoms in total. The van der Waals surface area contributed by atoms with Gasteiger partial charge in [0.15, 0.2) is 0 Å². The number of nitrogens with zero attached hydrogens (tertiary/aromatic N) is 1. The number of hydrogen-bond acceptors (Lipinski definition) is 4. The number of benzene rings is 3. The van der Waals surface area contributed by atoms with E-state index >= 15 is 0 Å². The SMILES string of the molecule is O=C(CN(c1ccc(C(O)(C(F)(F)F)C(F)(F)F)cc1)S(=O)(=O)c1ccccc1)NCc1ccccc1. The third kappa shape index (κ3) is 5.88. The molecule has 3 rings (SSSR count). The Kier molecular flexibility index (Phi) is 7.89. The zero-order chi connectivity index (χ0) is 27.5. The van der Waals surface area contributed by atoms with Gasteiger partial charge in [-0.05, 0) is 29.8 Å². The highest BCUT2D eigenvalue weighted by atomic mass is 32.2. The maximum absolute atomic E-state index is 13.3. The summed E-state index contributed by atoms with van der Waals surface area (Å²) in [5.41, 5.74) is -6.44. The molecule has 13 heteroatoms. The quantitative estimate of drug-likeness (QED) is 0.407. The average Bonchev–Trinajstić information content (AvgIpc) is 2.85. The topological polar surface area (TPSA) is 86.7 Å². The van der Waals surface area contributed by atoms with Crippen LogP contribution >= 0.6 is 0 Å². The third-order valence-corrected chi connectivity index (χ3v) is 7.13. The summed E-state index contributed by atoms with van der Waals surface area (Å²) in [6, 6.07) is 17.3. The van der Waals surface area contributed by atoms with Gasteiger partial charge in [0, 0.05) is 12.1 Å². The molecule has 3 aromatic carbocycles. The second-order valence-electron chi connectivity index (χ2n) is 7.84. The minimum atomic E-state index is -6.11. The molecule has 0 saturated heterocycles. The minimum absolute atomic E-state index is 0.0437. The summed E-state index contributed by atoms with van der Waals surface area (Å²) in [5, 5.41) is 12.1. The molecule has 198 valence electrons. The van der Waals surface area contributed by atoms with E-state index in [0.29, 0.717) is 34.1 Å². The highest BCUT2D eigenvalue weighted by Crippen LogP contribution is 2.50. The molecule has 37 heavy (non-hydrogen) atoms. The van der Waals surface area contributed by atoms with Crippen molar-refractivity contribution in [3.63, 3.8) is 0 Å². The number of alkyl halides is 6. The van der Waals surface area contributed by atoms with Crippen LogP contribution in [-0.4, -0.2) is 38.3 Å². The Balaban J connectivity index is 1.98. The zero-order valence-electron chi connectivity index (χ0n) is 18.8. The van der Waals surface area contributed by atoms with E-state index in [1.165, 1.54) is 30.3 Å². The first kappa shape index (κ1) is 28.0. The van der Waals surface area contributed by atoms with Gasteiger partial charge in [-0.2, -0.15) is 26.3 Å². The largest absolute Gasteiger partial charge is 0.430 e. The van der Waals surface area contributed by atoms with Crippen LogP contribution in [0.4, 0.5) is 32.0 Å². The van der Waals surface area contributed by atoms with Crippen molar-refractivity contribution in [1.29, 1.82) is 0 Å². The summed E-state index contributed by atoms with van der Waals surface area (Å²) in [6.07, 6.45) is -12.2. The van der Waals surface area contributed by atoms with Crippen LogP contribution in [0.2, 0.25) is 0 Å². The fourth-order valence-electron chi connectivity index (χ4n) is 3.37. The summed E-state index contributed by atoms with van der Waals surface area (Å²) >= 11 is 0. The number of nitrogens with one attached hydrogen (secondary N) is 1. The Morgan fingerprint density at radius 3 is 1.76 bits per heavy atom. The van der Waals surface area contributed by atoms with Gasteiger partial charge in [0.1, 0.15) is 6.54 Å². The number of hydrogen-bond donors (Lipinski definition) is 2. The molecule has 0 heterocycles. The Morgan fingerprint density at radius 2 is 1.27 bits per heavy atom. The number of sulfonamides is 1. The lowest BCUT2D eigenvalue weighted by atomic mass is 9.92. The molecule has 0 radical (unpaired) electrons. The first-order valence-electron chi connectivity index (χ1n) is 10.5. The molecular formula is C24H20F6N2O4S. The Bertz CT molecular complexity index is 1300. The standard InChI is InChI=1S/C24H20F6N2O4S/c25-23(26,27)22(34,24(28,29)30)18-11-13-19(14-12-18)32(37(35,36)20-9-5-2-6-10-20)16-21(33)31-15-17-7-3-1-4-8-17/h1-14,34H,15-16H2,(H,31,33). The van der Waals surface area contributed by atoms with Crippen molar-refractivity contribution in [3.8, 4) is 0 Å². The molecule has 0 unspecified atom stereocenters. The van der Waals surface area contributed by atoms with Crippen molar-refractivity contribution in [2.24, 2.45) is 0 Å². The van der Waals surface area contributed by atoms with Gasteiger partial charge < -0.3 is 10.4 Å². The van der Waals surface area contributed by atoms with Gasteiger partial charge >= 0.3 is 12.4 Å². The molecule has 0 aliphatic rings. The lowest BCUT2D eigenvalue weighted by Gasteiger charge is -2.33. The van der Waals surface area contributed by atoms with Crippen LogP contribution in [0.25, 0.3) is 0 Å². The summed E-state index contributed by atoms with van der Waals surface area (Å²) < 4.78 is 106. The molecule has 0 bridgehead atoms. The van der Waals surface area contributed by atoms with Crippen LogP contribution in [0.5, 0.6) is 0 Å². The van der Waals surface area contributed by atoms with Crippen LogP contribution in [0, 0.1) is 0 Å². The lowest BCUT2D eigenvalue weighted by Crippen LogP contribution is -2.53. The number of carbonyl (C=O) groups is 1. The maximum atomic E-state index is 13.3. The predicted molar refractivity (Wildman–Crippen MR) is 122 cm³/mol. The fraction of sp³-hybridized carbons (Fsp3) is 0.208. The second kappa shape index (κ2) is 10.4. The lowest BCUT2D eigenvalue weighted by molar-refractivity contribution is -0.376. The van der Waals surface area contributed by atoms with Crippen molar-refractivity contribution < 1.29 is 44.7 Å². The Hall–Kier alpha value is -3.58. The third-order valence-electron chi connectivity index (χ3n) is 5.34. The molecule has 0 atom stereocenters. The van der Waals surface area contributed by atoms with E-state index in [0.717, 1.165) is 0 Å². The molecular weight excluding hydrogens is 526 g/mol. The molecule has 1 amide bonds. The van der Waals surface area contributed by atoms with E-state index in [4.69, 9.17) is 0 Å². The first-order valence-corrected chi connectivity index (χ1v) is 12.0. The normalized spacial score (nSPS) is 12.7. The van der Waals surface area contributed by atoms with Gasteiger partial charge in [-0.15, -0.1) is 0 Å². The van der Waals surface area contributed by atoms with E-state index in [9.17, 15) is 44.7 Å². The molecule has 0 fully saturated rings. The Labute approximate surface area is 208 Å². The summed E-state index contributed by atoms with van der Waals surface area (Å²) in [4.78, 5) is 12.3. The van der Waals surface area contributed by atoms with Crippen LogP contribution in [0.15, 0.2) is 89.8 Å². The summed E-state index contributed by atoms with van der Waals surface area (Å²) in [5.74, 6) is -0.783. The van der Waals surface area contributed by atoms with E-state index < -0.39 is 51.7 Å². The number of halogens is 6. The highest BCUT2D eigenvalue weighted by Gasteiger charge is 2.71. The number of carbonyl (C=O) groups excluding carboxylic acids is 1. The molecule has 3 aromatic rings. The van der Waals surface area contributed by atoms with Crippen molar-refractivity contribution in [3.05, 3.63) is 96.1 Å². The van der Waals surface area contributed by atoms with Crippen molar-refractivity contribution in [2.45, 2.75) is 29.4 Å². The summed E-state index contributed by atoms with van der Waals surface area (Å²) in [6.45, 7) is -0.783. The van der Waals surface area contributed by atoms with E-state index in [2.05, 4.69) is 5.32 Å². The number of amides is 1. The minimum Gasteiger partial charge on any atom is -0.369 e. The van der Waals surface area contributed by atoms with E-state index in [1.54, 1.807) is 30.3 Å². The number of aliphatic hydroxyl groups is 1. The Morgan fingerprint density at radius 1 is 0.784 bits per heavy atom. The molecule has 0 spiro atoms. The molecule has 0 aliphatic carbocycles. The van der Waals surface area contributed by atoms with Crippen LogP contribution in [0.3, 0.4) is 0 Å². The van der Waals surface area contributed by atoms with Crippen molar-refractivity contribution in [1.82, 2.24) is 5.32 Å². The van der Waals surface area contributed by atoms with Gasteiger partial charge in [-0.25, -0.2) is 8.42 Å². The molecule has 0 aliphatic heterocycles. The van der Waals surface area contributed by atoms with Gasteiger partial charge in [-0.1, -0.05) is 60.7 Å².